The molecule has 4 heteroatoms. The van der Waals surface area contributed by atoms with Gasteiger partial charge in [0, 0.05) is 0 Å². The van der Waals surface area contributed by atoms with Gasteiger partial charge in [0.1, 0.15) is 23.8 Å². The average molecular weight is 211 g/mol. The zero-order chi connectivity index (χ0) is 11.3. The first-order valence-electron chi connectivity index (χ1n) is 4.93. The number of nitrogens with two attached hydrogens (primary N) is 1. The summed E-state index contributed by atoms with van der Waals surface area (Å²) in [4.78, 5) is 0. The van der Waals surface area contributed by atoms with E-state index in [2.05, 4.69) is 0 Å². The van der Waals surface area contributed by atoms with Crippen LogP contribution in [0.3, 0.4) is 0 Å². The van der Waals surface area contributed by atoms with E-state index in [0.717, 1.165) is 0 Å². The van der Waals surface area contributed by atoms with Gasteiger partial charge in [-0.3, -0.25) is 0 Å². The molecule has 3 N–H and O–H groups in total. The maximum absolute atomic E-state index is 9.31. The Bertz CT molecular complexity index is 313. The minimum absolute atomic E-state index is 0.0391. The molecule has 0 atom stereocenters. The number of phenolic OH excluding ortho intramolecular Hbond substituents is 1. The Morgan fingerprint density at radius 2 is 2.07 bits per heavy atom. The van der Waals surface area contributed by atoms with Gasteiger partial charge in [-0.15, -0.1) is 0 Å². The molecule has 84 valence electrons. The number of nitrogen functional groups attached to an aromatic ring is 1. The average Bonchev–Trinajstić information content (AvgIpc) is 2.18. The zero-order valence-electron chi connectivity index (χ0n) is 9.06. The molecule has 0 aliphatic carbocycles. The van der Waals surface area contributed by atoms with Crippen LogP contribution in [0.5, 0.6) is 11.5 Å². The number of hydrogen-bond donors (Lipinski definition) is 2. The first kappa shape index (κ1) is 11.7. The Morgan fingerprint density at radius 3 is 2.73 bits per heavy atom. The number of para-hydroxylation sites is 1. The van der Waals surface area contributed by atoms with Crippen LogP contribution in [-0.4, -0.2) is 24.4 Å². The minimum Gasteiger partial charge on any atom is -0.506 e. The molecular formula is C11H17NO3. The van der Waals surface area contributed by atoms with Crippen LogP contribution in [0.25, 0.3) is 0 Å². The predicted molar refractivity (Wildman–Crippen MR) is 59.1 cm³/mol. The second kappa shape index (κ2) is 5.46. The van der Waals surface area contributed by atoms with Crippen molar-refractivity contribution in [2.75, 3.05) is 18.9 Å². The lowest BCUT2D eigenvalue weighted by Crippen LogP contribution is -2.11. The topological polar surface area (TPSA) is 64.7 Å². The second-order valence-corrected chi connectivity index (χ2v) is 3.46. The van der Waals surface area contributed by atoms with Crippen LogP contribution in [0.1, 0.15) is 13.8 Å². The summed E-state index contributed by atoms with van der Waals surface area (Å²) in [5, 5.41) is 9.31. The summed E-state index contributed by atoms with van der Waals surface area (Å²) in [5.41, 5.74) is 5.87. The Morgan fingerprint density at radius 1 is 1.33 bits per heavy atom. The standard InChI is InChI=1S/C11H17NO3/c1-8(2)14-6-7-15-10-5-3-4-9(13)11(10)12/h3-5,8,13H,6-7,12H2,1-2H3. The van der Waals surface area contributed by atoms with E-state index >= 15 is 0 Å². The molecule has 4 nitrogen and oxygen atoms in total. The number of benzene rings is 1. The van der Waals surface area contributed by atoms with Crippen LogP contribution >= 0.6 is 0 Å². The third-order valence-corrected chi connectivity index (χ3v) is 1.84. The van der Waals surface area contributed by atoms with Crippen molar-refractivity contribution in [2.45, 2.75) is 20.0 Å². The molecule has 0 saturated heterocycles. The summed E-state index contributed by atoms with van der Waals surface area (Å²) in [5.74, 6) is 0.527. The highest BCUT2D eigenvalue weighted by molar-refractivity contribution is 5.61. The van der Waals surface area contributed by atoms with E-state index in [9.17, 15) is 5.11 Å². The van der Waals surface area contributed by atoms with Crippen molar-refractivity contribution in [2.24, 2.45) is 0 Å². The van der Waals surface area contributed by atoms with Gasteiger partial charge < -0.3 is 20.3 Å². The van der Waals surface area contributed by atoms with E-state index < -0.39 is 0 Å². The molecule has 0 amide bonds. The highest BCUT2D eigenvalue weighted by atomic mass is 16.5. The van der Waals surface area contributed by atoms with Crippen molar-refractivity contribution in [1.82, 2.24) is 0 Å². The fourth-order valence-electron chi connectivity index (χ4n) is 1.09. The largest absolute Gasteiger partial charge is 0.506 e. The van der Waals surface area contributed by atoms with Crippen molar-refractivity contribution in [3.05, 3.63) is 18.2 Å². The molecule has 0 spiro atoms. The minimum atomic E-state index is 0.0391. The number of hydrogen-bond acceptors (Lipinski definition) is 4. The summed E-state index contributed by atoms with van der Waals surface area (Å²) in [6, 6.07) is 4.92. The maximum atomic E-state index is 9.31. The summed E-state index contributed by atoms with van der Waals surface area (Å²) in [6.07, 6.45) is 0.190. The van der Waals surface area contributed by atoms with Crippen molar-refractivity contribution in [1.29, 1.82) is 0 Å². The number of rotatable bonds is 5. The van der Waals surface area contributed by atoms with E-state index in [1.165, 1.54) is 6.07 Å². The Hall–Kier alpha value is -1.42. The van der Waals surface area contributed by atoms with Gasteiger partial charge in [0.2, 0.25) is 0 Å². The van der Waals surface area contributed by atoms with Crippen LogP contribution in [0.2, 0.25) is 0 Å². The molecule has 15 heavy (non-hydrogen) atoms. The van der Waals surface area contributed by atoms with Crippen LogP contribution in [0.4, 0.5) is 5.69 Å². The lowest BCUT2D eigenvalue weighted by atomic mass is 10.3. The molecule has 0 fully saturated rings. The third-order valence-electron chi connectivity index (χ3n) is 1.84. The molecule has 0 aliphatic rings. The quantitative estimate of drug-likeness (QED) is 0.442. The van der Waals surface area contributed by atoms with E-state index in [-0.39, 0.29) is 17.5 Å². The summed E-state index contributed by atoms with van der Waals surface area (Å²) >= 11 is 0. The van der Waals surface area contributed by atoms with E-state index in [1.807, 2.05) is 13.8 Å². The number of ether oxygens (including phenoxy) is 2. The van der Waals surface area contributed by atoms with Gasteiger partial charge in [0.15, 0.2) is 0 Å². The van der Waals surface area contributed by atoms with Crippen LogP contribution in [0, 0.1) is 0 Å². The van der Waals surface area contributed by atoms with Crippen molar-refractivity contribution < 1.29 is 14.6 Å². The fourth-order valence-corrected chi connectivity index (χ4v) is 1.09. The molecule has 0 heterocycles. The van der Waals surface area contributed by atoms with Crippen molar-refractivity contribution in [3.63, 3.8) is 0 Å². The Labute approximate surface area is 89.6 Å². The smallest absolute Gasteiger partial charge is 0.146 e. The molecule has 0 bridgehead atoms. The fraction of sp³-hybridized carbons (Fsp3) is 0.455. The van der Waals surface area contributed by atoms with Crippen LogP contribution < -0.4 is 10.5 Å². The van der Waals surface area contributed by atoms with Gasteiger partial charge in [-0.05, 0) is 26.0 Å². The van der Waals surface area contributed by atoms with Gasteiger partial charge in [0.05, 0.1) is 12.7 Å². The van der Waals surface area contributed by atoms with Gasteiger partial charge >= 0.3 is 0 Å². The molecule has 0 unspecified atom stereocenters. The molecule has 1 aromatic rings. The summed E-state index contributed by atoms with van der Waals surface area (Å²) in [6.45, 7) is 4.85. The van der Waals surface area contributed by atoms with E-state index in [0.29, 0.717) is 19.0 Å². The lowest BCUT2D eigenvalue weighted by molar-refractivity contribution is 0.0554. The Balaban J connectivity index is 2.41. The van der Waals surface area contributed by atoms with Gasteiger partial charge in [-0.2, -0.15) is 0 Å². The molecule has 1 aromatic carbocycles. The maximum Gasteiger partial charge on any atom is 0.146 e. The predicted octanol–water partition coefficient (Wildman–Crippen LogP) is 1.78. The molecule has 0 saturated carbocycles. The molecule has 0 aromatic heterocycles. The molecule has 1 rings (SSSR count). The zero-order valence-corrected chi connectivity index (χ0v) is 9.06. The first-order valence-corrected chi connectivity index (χ1v) is 4.93. The number of aromatic hydroxyl groups is 1. The van der Waals surface area contributed by atoms with Crippen LogP contribution in [-0.2, 0) is 4.74 Å². The van der Waals surface area contributed by atoms with Crippen molar-refractivity contribution >= 4 is 5.69 Å². The monoisotopic (exact) mass is 211 g/mol. The molecule has 0 radical (unpaired) electrons. The second-order valence-electron chi connectivity index (χ2n) is 3.46. The number of anilines is 1. The summed E-state index contributed by atoms with van der Waals surface area (Å²) < 4.78 is 10.7. The number of phenols is 1. The van der Waals surface area contributed by atoms with Gasteiger partial charge in [-0.1, -0.05) is 6.07 Å². The lowest BCUT2D eigenvalue weighted by Gasteiger charge is -2.11. The van der Waals surface area contributed by atoms with Crippen LogP contribution in [0.15, 0.2) is 18.2 Å². The van der Waals surface area contributed by atoms with Crippen molar-refractivity contribution in [3.8, 4) is 11.5 Å². The van der Waals surface area contributed by atoms with Gasteiger partial charge in [0.25, 0.3) is 0 Å². The highest BCUT2D eigenvalue weighted by Crippen LogP contribution is 2.29. The van der Waals surface area contributed by atoms with E-state index in [1.54, 1.807) is 12.1 Å². The highest BCUT2D eigenvalue weighted by Gasteiger charge is 2.04. The van der Waals surface area contributed by atoms with Gasteiger partial charge in [-0.25, -0.2) is 0 Å². The Kier molecular flexibility index (Phi) is 4.24. The SMILES string of the molecule is CC(C)OCCOc1cccc(O)c1N. The molecular weight excluding hydrogens is 194 g/mol. The third kappa shape index (κ3) is 3.67. The van der Waals surface area contributed by atoms with E-state index in [4.69, 9.17) is 15.2 Å². The summed E-state index contributed by atoms with van der Waals surface area (Å²) in [7, 11) is 0. The normalized spacial score (nSPS) is 10.6. The molecule has 0 aliphatic heterocycles. The first-order chi connectivity index (χ1) is 7.11.